The third-order valence-electron chi connectivity index (χ3n) is 6.18. The van der Waals surface area contributed by atoms with Crippen LogP contribution in [-0.4, -0.2) is 70.9 Å². The number of nitrogens with zero attached hydrogens (tertiary/aromatic N) is 3. The summed E-state index contributed by atoms with van der Waals surface area (Å²) in [6.45, 7) is 4.62. The van der Waals surface area contributed by atoms with Gasteiger partial charge in [0.2, 0.25) is 0 Å². The predicted molar refractivity (Wildman–Crippen MR) is 168 cm³/mol. The van der Waals surface area contributed by atoms with Crippen LogP contribution in [0.2, 0.25) is 0 Å². The van der Waals surface area contributed by atoms with E-state index in [0.717, 1.165) is 39.4 Å². The van der Waals surface area contributed by atoms with E-state index in [9.17, 15) is 4.79 Å². The second kappa shape index (κ2) is 15.2. The van der Waals surface area contributed by atoms with E-state index in [1.165, 1.54) is 12.8 Å². The third kappa shape index (κ3) is 8.38. The summed E-state index contributed by atoms with van der Waals surface area (Å²) in [5.41, 5.74) is 7.59. The zero-order chi connectivity index (χ0) is 28.2. The Morgan fingerprint density at radius 1 is 0.816 bits per heavy atom. The fourth-order valence-corrected chi connectivity index (χ4v) is 3.83. The Morgan fingerprint density at radius 2 is 1.37 bits per heavy atom. The third-order valence-corrected chi connectivity index (χ3v) is 6.36. The van der Waals surface area contributed by atoms with Crippen LogP contribution >= 0.6 is 12.6 Å². The Morgan fingerprint density at radius 3 is 1.84 bits per heavy atom. The minimum atomic E-state index is -0.347. The standard InChI is InChI=1S/C28H33N3O2S.C4H10/c1-29(2)22-11-7-20(8-12-22)27(21-9-13-23(14-10-21)30(3)4)25-16-15-24(31(5)6)19-26(25)28(32)33-17-18-34;1-3-4-2/h7-16,19H,17-18H2,1-6H3;3-4H2,1-2H3/p+1. The highest BCUT2D eigenvalue weighted by atomic mass is 32.1. The maximum atomic E-state index is 13.2. The van der Waals surface area contributed by atoms with Gasteiger partial charge < -0.3 is 14.5 Å². The van der Waals surface area contributed by atoms with E-state index < -0.39 is 0 Å². The van der Waals surface area contributed by atoms with Gasteiger partial charge in [-0.05, 0) is 58.7 Å². The van der Waals surface area contributed by atoms with Gasteiger partial charge in [-0.15, -0.1) is 0 Å². The van der Waals surface area contributed by atoms with Crippen molar-refractivity contribution in [3.8, 4) is 0 Å². The molecule has 0 amide bonds. The maximum Gasteiger partial charge on any atom is 0.338 e. The van der Waals surface area contributed by atoms with Crippen LogP contribution in [0.15, 0.2) is 72.3 Å². The molecule has 1 aliphatic carbocycles. The van der Waals surface area contributed by atoms with Gasteiger partial charge in [-0.3, -0.25) is 0 Å². The number of hydrogen-bond donors (Lipinski definition) is 1. The molecule has 2 aromatic rings. The molecule has 2 aromatic carbocycles. The smallest absolute Gasteiger partial charge is 0.338 e. The zero-order valence-corrected chi connectivity index (χ0v) is 25.2. The highest BCUT2D eigenvalue weighted by Crippen LogP contribution is 2.34. The van der Waals surface area contributed by atoms with Crippen LogP contribution in [0.1, 0.15) is 48.2 Å². The molecule has 5 nitrogen and oxygen atoms in total. The number of anilines is 2. The first-order valence-corrected chi connectivity index (χ1v) is 13.8. The minimum absolute atomic E-state index is 0.262. The van der Waals surface area contributed by atoms with E-state index in [-0.39, 0.29) is 12.6 Å². The van der Waals surface area contributed by atoms with Crippen LogP contribution in [0.25, 0.3) is 5.57 Å². The lowest BCUT2D eigenvalue weighted by molar-refractivity contribution is -0.462. The molecule has 0 aliphatic heterocycles. The topological polar surface area (TPSA) is 35.8 Å². The van der Waals surface area contributed by atoms with Crippen LogP contribution in [0.4, 0.5) is 11.4 Å². The normalized spacial score (nSPS) is 12.0. The number of carbonyl (C=O) groups is 1. The summed E-state index contributed by atoms with van der Waals surface area (Å²) in [5.74, 6) is 0.128. The quantitative estimate of drug-likeness (QED) is 0.243. The van der Waals surface area contributed by atoms with Crippen molar-refractivity contribution in [3.63, 3.8) is 0 Å². The average molecular weight is 535 g/mol. The molecular weight excluding hydrogens is 490 g/mol. The molecule has 0 N–H and O–H groups in total. The lowest BCUT2D eigenvalue weighted by atomic mass is 9.87. The largest absolute Gasteiger partial charge is 0.461 e. The highest BCUT2D eigenvalue weighted by Gasteiger charge is 2.21. The SMILES string of the molecule is CCCC.CN(C)c1ccc(C(=C2C=CC(=[N+](C)C)C=C2)c2ccc(N(C)C)cc2C(=O)OCCS)cc1. The highest BCUT2D eigenvalue weighted by molar-refractivity contribution is 7.80. The Labute approximate surface area is 235 Å². The zero-order valence-electron chi connectivity index (χ0n) is 24.3. The summed E-state index contributed by atoms with van der Waals surface area (Å²) in [6.07, 6.45) is 11.0. The molecule has 0 radical (unpaired) electrons. The second-order valence-corrected chi connectivity index (χ2v) is 10.2. The number of carbonyl (C=O) groups excluding carboxylic acids is 1. The van der Waals surface area contributed by atoms with E-state index in [4.69, 9.17) is 4.74 Å². The van der Waals surface area contributed by atoms with Crippen LogP contribution in [0.5, 0.6) is 0 Å². The van der Waals surface area contributed by atoms with Gasteiger partial charge in [0.05, 0.1) is 5.56 Å². The molecule has 38 heavy (non-hydrogen) atoms. The monoisotopic (exact) mass is 534 g/mol. The summed E-state index contributed by atoms with van der Waals surface area (Å²) in [6, 6.07) is 14.3. The van der Waals surface area contributed by atoms with Crippen molar-refractivity contribution in [2.45, 2.75) is 26.7 Å². The number of hydrogen-bond acceptors (Lipinski definition) is 5. The van der Waals surface area contributed by atoms with E-state index in [1.54, 1.807) is 0 Å². The second-order valence-electron chi connectivity index (χ2n) is 9.74. The summed E-state index contributed by atoms with van der Waals surface area (Å²) in [4.78, 5) is 17.2. The first kappa shape index (κ1) is 31.0. The Hall–Kier alpha value is -3.25. The molecule has 0 atom stereocenters. The van der Waals surface area contributed by atoms with Crippen molar-refractivity contribution in [3.05, 3.63) is 89.0 Å². The molecular formula is C32H44N3O2S+. The molecule has 204 valence electrons. The molecule has 0 unspecified atom stereocenters. The fraction of sp³-hybridized carbons (Fsp3) is 0.375. The number of unbranched alkanes of at least 4 members (excludes halogenated alkanes) is 1. The van der Waals surface area contributed by atoms with E-state index in [1.807, 2.05) is 65.4 Å². The molecule has 0 fully saturated rings. The molecule has 0 aromatic heterocycles. The van der Waals surface area contributed by atoms with Gasteiger partial charge in [-0.25, -0.2) is 9.37 Å². The molecule has 1 aliphatic rings. The van der Waals surface area contributed by atoms with Crippen LogP contribution in [0.3, 0.4) is 0 Å². The molecule has 3 rings (SSSR count). The summed E-state index contributed by atoms with van der Waals surface area (Å²) >= 11 is 4.20. The van der Waals surface area contributed by atoms with Gasteiger partial charge >= 0.3 is 5.97 Å². The van der Waals surface area contributed by atoms with Crippen molar-refractivity contribution in [2.75, 3.05) is 64.4 Å². The molecule has 0 heterocycles. The first-order valence-electron chi connectivity index (χ1n) is 13.2. The van der Waals surface area contributed by atoms with E-state index in [0.29, 0.717) is 11.3 Å². The van der Waals surface area contributed by atoms with Crippen LogP contribution in [0, 0.1) is 0 Å². The van der Waals surface area contributed by atoms with Gasteiger partial charge in [-0.1, -0.05) is 44.9 Å². The van der Waals surface area contributed by atoms with Gasteiger partial charge in [0, 0.05) is 57.5 Å². The van der Waals surface area contributed by atoms with E-state index in [2.05, 4.69) is 84.5 Å². The lowest BCUT2D eigenvalue weighted by Crippen LogP contribution is -2.14. The van der Waals surface area contributed by atoms with Gasteiger partial charge in [-0.2, -0.15) is 12.6 Å². The Balaban J connectivity index is 0.00000118. The van der Waals surface area contributed by atoms with Gasteiger partial charge in [0.15, 0.2) is 5.71 Å². The minimum Gasteiger partial charge on any atom is -0.461 e. The van der Waals surface area contributed by atoms with Crippen LogP contribution in [-0.2, 0) is 4.74 Å². The lowest BCUT2D eigenvalue weighted by Gasteiger charge is -2.20. The van der Waals surface area contributed by atoms with Crippen molar-refractivity contribution in [2.24, 2.45) is 0 Å². The number of esters is 1. The molecule has 0 bridgehead atoms. The molecule has 0 saturated carbocycles. The number of thiol groups is 1. The number of rotatable bonds is 8. The number of allylic oxidation sites excluding steroid dienone is 5. The van der Waals surface area contributed by atoms with Gasteiger partial charge in [0.1, 0.15) is 20.7 Å². The van der Waals surface area contributed by atoms with Crippen molar-refractivity contribution in [1.29, 1.82) is 0 Å². The number of benzene rings is 2. The summed E-state index contributed by atoms with van der Waals surface area (Å²) in [7, 11) is 12.0. The van der Waals surface area contributed by atoms with Crippen molar-refractivity contribution >= 4 is 41.3 Å². The fourth-order valence-electron chi connectivity index (χ4n) is 3.74. The molecule has 0 spiro atoms. The average Bonchev–Trinajstić information content (AvgIpc) is 2.92. The van der Waals surface area contributed by atoms with Gasteiger partial charge in [0.25, 0.3) is 0 Å². The Bertz CT molecular complexity index is 1180. The number of ether oxygens (including phenoxy) is 1. The molecule has 6 heteroatoms. The van der Waals surface area contributed by atoms with Crippen LogP contribution < -0.4 is 9.80 Å². The maximum absolute atomic E-state index is 13.2. The Kier molecular flexibility index (Phi) is 12.4. The van der Waals surface area contributed by atoms with E-state index >= 15 is 0 Å². The predicted octanol–water partition coefficient (Wildman–Crippen LogP) is 6.35. The summed E-state index contributed by atoms with van der Waals surface area (Å²) in [5, 5.41) is 0. The van der Waals surface area contributed by atoms with Crippen molar-refractivity contribution < 1.29 is 14.1 Å². The molecule has 0 saturated heterocycles. The van der Waals surface area contributed by atoms with Crippen molar-refractivity contribution in [1.82, 2.24) is 0 Å². The summed E-state index contributed by atoms with van der Waals surface area (Å²) < 4.78 is 7.59. The first-order chi connectivity index (χ1) is 18.1.